The average Bonchev–Trinajstić information content (AvgIpc) is 2.46. The number of carbonyl (C=O) groups is 1. The Bertz CT molecular complexity index is 448. The molecule has 0 aromatic heterocycles. The van der Waals surface area contributed by atoms with E-state index in [0.717, 1.165) is 37.1 Å². The second-order valence-corrected chi connectivity index (χ2v) is 4.93. The average molecular weight is 293 g/mol. The summed E-state index contributed by atoms with van der Waals surface area (Å²) in [5.41, 5.74) is 2.00. The lowest BCUT2D eigenvalue weighted by atomic mass is 10.1. The summed E-state index contributed by atoms with van der Waals surface area (Å²) in [6, 6.07) is 7.81. The first-order valence-electron chi connectivity index (χ1n) is 7.06. The highest BCUT2D eigenvalue weighted by molar-refractivity contribution is 7.80. The van der Waals surface area contributed by atoms with Crippen molar-refractivity contribution in [1.82, 2.24) is 10.6 Å². The van der Waals surface area contributed by atoms with Crippen LogP contribution in [0.25, 0.3) is 0 Å². The summed E-state index contributed by atoms with van der Waals surface area (Å²) in [6.45, 7) is 5.20. The van der Waals surface area contributed by atoms with Crippen LogP contribution in [-0.2, 0) is 11.2 Å². The van der Waals surface area contributed by atoms with E-state index in [9.17, 15) is 4.79 Å². The van der Waals surface area contributed by atoms with Crippen LogP contribution in [0.15, 0.2) is 24.3 Å². The summed E-state index contributed by atoms with van der Waals surface area (Å²) in [5, 5.41) is 9.39. The highest BCUT2D eigenvalue weighted by atomic mass is 32.1. The van der Waals surface area contributed by atoms with Crippen molar-refractivity contribution in [1.29, 1.82) is 0 Å². The summed E-state index contributed by atoms with van der Waals surface area (Å²) in [6.07, 6.45) is 3.07. The summed E-state index contributed by atoms with van der Waals surface area (Å²) >= 11 is 5.10. The number of nitrogens with one attached hydrogen (secondary N) is 3. The van der Waals surface area contributed by atoms with Crippen molar-refractivity contribution < 1.29 is 4.79 Å². The minimum atomic E-state index is -0.0921. The maximum Gasteiger partial charge on any atom is 0.243 e. The summed E-state index contributed by atoms with van der Waals surface area (Å²) < 4.78 is 0. The monoisotopic (exact) mass is 293 g/mol. The molecule has 5 heteroatoms. The minimum absolute atomic E-state index is 0.0921. The van der Waals surface area contributed by atoms with Gasteiger partial charge >= 0.3 is 0 Å². The Morgan fingerprint density at radius 3 is 2.65 bits per heavy atom. The van der Waals surface area contributed by atoms with E-state index in [4.69, 9.17) is 12.2 Å². The molecule has 0 spiro atoms. The molecule has 110 valence electrons. The number of benzene rings is 1. The van der Waals surface area contributed by atoms with E-state index in [1.54, 1.807) is 0 Å². The quantitative estimate of drug-likeness (QED) is 0.534. The molecule has 0 saturated carbocycles. The van der Waals surface area contributed by atoms with E-state index in [2.05, 4.69) is 29.8 Å². The van der Waals surface area contributed by atoms with E-state index in [1.165, 1.54) is 0 Å². The molecule has 0 bridgehead atoms. The van der Waals surface area contributed by atoms with E-state index >= 15 is 0 Å². The van der Waals surface area contributed by atoms with E-state index in [0.29, 0.717) is 5.11 Å². The Kier molecular flexibility index (Phi) is 7.65. The Morgan fingerprint density at radius 1 is 1.20 bits per heavy atom. The highest BCUT2D eigenvalue weighted by Crippen LogP contribution is 2.14. The number of para-hydroxylation sites is 1. The molecule has 1 rings (SSSR count). The van der Waals surface area contributed by atoms with E-state index in [1.807, 2.05) is 24.3 Å². The lowest BCUT2D eigenvalue weighted by Crippen LogP contribution is -2.40. The molecular formula is C15H23N3OS. The maximum atomic E-state index is 11.9. The number of hydrogen-bond donors (Lipinski definition) is 3. The molecule has 20 heavy (non-hydrogen) atoms. The Hall–Kier alpha value is -1.62. The van der Waals surface area contributed by atoms with Crippen LogP contribution >= 0.6 is 12.2 Å². The van der Waals surface area contributed by atoms with Crippen LogP contribution in [0.4, 0.5) is 5.69 Å². The Labute approximate surface area is 126 Å². The molecule has 0 unspecified atom stereocenters. The van der Waals surface area contributed by atoms with Gasteiger partial charge in [-0.05, 0) is 36.7 Å². The van der Waals surface area contributed by atoms with Crippen molar-refractivity contribution in [2.75, 3.05) is 18.4 Å². The SMILES string of the molecule is CCCCNC(=S)NCC(=O)Nc1ccccc1CC. The number of aryl methyl sites for hydroxylation is 1. The van der Waals surface area contributed by atoms with Gasteiger partial charge in [-0.2, -0.15) is 0 Å². The normalized spacial score (nSPS) is 9.90. The molecule has 0 atom stereocenters. The summed E-state index contributed by atoms with van der Waals surface area (Å²) in [4.78, 5) is 11.9. The van der Waals surface area contributed by atoms with Crippen molar-refractivity contribution in [3.8, 4) is 0 Å². The molecule has 0 aliphatic rings. The topological polar surface area (TPSA) is 53.2 Å². The van der Waals surface area contributed by atoms with Gasteiger partial charge in [-0.3, -0.25) is 4.79 Å². The first-order valence-corrected chi connectivity index (χ1v) is 7.47. The number of hydrogen-bond acceptors (Lipinski definition) is 2. The van der Waals surface area contributed by atoms with Gasteiger partial charge < -0.3 is 16.0 Å². The van der Waals surface area contributed by atoms with Gasteiger partial charge in [0.2, 0.25) is 5.91 Å². The molecule has 0 fully saturated rings. The standard InChI is InChI=1S/C15H23N3OS/c1-3-5-10-16-15(20)17-11-14(19)18-13-9-7-6-8-12(13)4-2/h6-9H,3-5,10-11H2,1-2H3,(H,18,19)(H2,16,17,20). The molecule has 0 aliphatic carbocycles. The smallest absolute Gasteiger partial charge is 0.243 e. The van der Waals surface area contributed by atoms with E-state index < -0.39 is 0 Å². The largest absolute Gasteiger partial charge is 0.363 e. The summed E-state index contributed by atoms with van der Waals surface area (Å²) in [7, 11) is 0. The van der Waals surface area contributed by atoms with Crippen molar-refractivity contribution >= 4 is 28.9 Å². The van der Waals surface area contributed by atoms with Crippen LogP contribution in [-0.4, -0.2) is 24.1 Å². The van der Waals surface area contributed by atoms with Gasteiger partial charge in [0.05, 0.1) is 6.54 Å². The predicted octanol–water partition coefficient (Wildman–Crippen LogP) is 2.45. The molecule has 1 aromatic carbocycles. The molecule has 4 nitrogen and oxygen atoms in total. The number of unbranched alkanes of at least 4 members (excludes halogenated alkanes) is 1. The van der Waals surface area contributed by atoms with Gasteiger partial charge in [0, 0.05) is 12.2 Å². The zero-order chi connectivity index (χ0) is 14.8. The minimum Gasteiger partial charge on any atom is -0.363 e. The molecule has 0 radical (unpaired) electrons. The number of rotatable bonds is 7. The Morgan fingerprint density at radius 2 is 1.95 bits per heavy atom. The molecular weight excluding hydrogens is 270 g/mol. The molecule has 1 amide bonds. The molecule has 0 aliphatic heterocycles. The number of thiocarbonyl (C=S) groups is 1. The third-order valence-corrected chi connectivity index (χ3v) is 3.19. The molecule has 1 aromatic rings. The highest BCUT2D eigenvalue weighted by Gasteiger charge is 2.05. The van der Waals surface area contributed by atoms with Crippen LogP contribution in [0.1, 0.15) is 32.3 Å². The zero-order valence-electron chi connectivity index (χ0n) is 12.2. The third kappa shape index (κ3) is 6.02. The molecule has 0 heterocycles. The van der Waals surface area contributed by atoms with Crippen LogP contribution in [0.2, 0.25) is 0 Å². The fourth-order valence-electron chi connectivity index (χ4n) is 1.75. The zero-order valence-corrected chi connectivity index (χ0v) is 13.0. The fourth-order valence-corrected chi connectivity index (χ4v) is 1.92. The predicted molar refractivity (Wildman–Crippen MR) is 88.0 cm³/mol. The van der Waals surface area contributed by atoms with Gasteiger partial charge in [-0.1, -0.05) is 38.5 Å². The van der Waals surface area contributed by atoms with Gasteiger partial charge in [-0.15, -0.1) is 0 Å². The van der Waals surface area contributed by atoms with Crippen molar-refractivity contribution in [2.45, 2.75) is 33.1 Å². The summed E-state index contributed by atoms with van der Waals surface area (Å²) in [5.74, 6) is -0.0921. The Balaban J connectivity index is 2.35. The molecule has 3 N–H and O–H groups in total. The second-order valence-electron chi connectivity index (χ2n) is 4.52. The van der Waals surface area contributed by atoms with Gasteiger partial charge in [0.25, 0.3) is 0 Å². The number of carbonyl (C=O) groups excluding carboxylic acids is 1. The van der Waals surface area contributed by atoms with Crippen LogP contribution in [0.3, 0.4) is 0 Å². The van der Waals surface area contributed by atoms with Gasteiger partial charge in [-0.25, -0.2) is 0 Å². The maximum absolute atomic E-state index is 11.9. The van der Waals surface area contributed by atoms with E-state index in [-0.39, 0.29) is 12.5 Å². The van der Waals surface area contributed by atoms with Crippen LogP contribution < -0.4 is 16.0 Å². The van der Waals surface area contributed by atoms with Crippen molar-refractivity contribution in [3.05, 3.63) is 29.8 Å². The second kappa shape index (κ2) is 9.31. The van der Waals surface area contributed by atoms with Crippen LogP contribution in [0, 0.1) is 0 Å². The van der Waals surface area contributed by atoms with Crippen molar-refractivity contribution in [2.24, 2.45) is 0 Å². The van der Waals surface area contributed by atoms with Crippen LogP contribution in [0.5, 0.6) is 0 Å². The molecule has 0 saturated heterocycles. The fraction of sp³-hybridized carbons (Fsp3) is 0.467. The van der Waals surface area contributed by atoms with Gasteiger partial charge in [0.1, 0.15) is 0 Å². The van der Waals surface area contributed by atoms with Crippen molar-refractivity contribution in [3.63, 3.8) is 0 Å². The third-order valence-electron chi connectivity index (χ3n) is 2.90. The first kappa shape index (κ1) is 16.4. The lowest BCUT2D eigenvalue weighted by molar-refractivity contribution is -0.115. The number of amides is 1. The number of anilines is 1. The van der Waals surface area contributed by atoms with Gasteiger partial charge in [0.15, 0.2) is 5.11 Å². The first-order chi connectivity index (χ1) is 9.67. The lowest BCUT2D eigenvalue weighted by Gasteiger charge is -2.12.